The van der Waals surface area contributed by atoms with Crippen LogP contribution in [0.25, 0.3) is 0 Å². The standard InChI is InChI=1S/C14H19F2NOS/c1-19-13-8-4-6-11(13)17-9-10-5-2-3-7-12(10)18-14(15)16/h2-3,5,7,11,13-14,17H,4,6,8-9H2,1H3. The SMILES string of the molecule is CSC1CCCC1NCc1ccccc1OC(F)F. The van der Waals surface area contributed by atoms with Gasteiger partial charge in [-0.25, -0.2) is 0 Å². The van der Waals surface area contributed by atoms with Crippen molar-refractivity contribution in [2.45, 2.75) is 43.7 Å². The van der Waals surface area contributed by atoms with Gasteiger partial charge in [-0.1, -0.05) is 24.6 Å². The van der Waals surface area contributed by atoms with Crippen LogP contribution in [-0.2, 0) is 6.54 Å². The molecule has 5 heteroatoms. The molecule has 1 saturated carbocycles. The van der Waals surface area contributed by atoms with Gasteiger partial charge in [-0.15, -0.1) is 0 Å². The molecule has 0 bridgehead atoms. The van der Waals surface area contributed by atoms with Crippen molar-refractivity contribution in [3.05, 3.63) is 29.8 Å². The molecule has 1 N–H and O–H groups in total. The molecule has 2 atom stereocenters. The number of hydrogen-bond donors (Lipinski definition) is 1. The average Bonchev–Trinajstić information content (AvgIpc) is 2.84. The van der Waals surface area contributed by atoms with E-state index < -0.39 is 6.61 Å². The van der Waals surface area contributed by atoms with Crippen LogP contribution in [0.3, 0.4) is 0 Å². The number of halogens is 2. The Balaban J connectivity index is 1.95. The van der Waals surface area contributed by atoms with E-state index in [1.54, 1.807) is 12.1 Å². The van der Waals surface area contributed by atoms with Gasteiger partial charge in [-0.3, -0.25) is 0 Å². The normalized spacial score (nSPS) is 22.9. The van der Waals surface area contributed by atoms with Gasteiger partial charge in [0.1, 0.15) is 5.75 Å². The van der Waals surface area contributed by atoms with E-state index in [4.69, 9.17) is 0 Å². The number of ether oxygens (including phenoxy) is 1. The van der Waals surface area contributed by atoms with Crippen molar-refractivity contribution in [3.63, 3.8) is 0 Å². The lowest BCUT2D eigenvalue weighted by Crippen LogP contribution is -2.33. The molecule has 0 spiro atoms. The topological polar surface area (TPSA) is 21.3 Å². The van der Waals surface area contributed by atoms with Crippen LogP contribution in [0.5, 0.6) is 5.75 Å². The maximum Gasteiger partial charge on any atom is 0.387 e. The summed E-state index contributed by atoms with van der Waals surface area (Å²) in [6.07, 6.45) is 5.74. The average molecular weight is 287 g/mol. The first kappa shape index (κ1) is 14.6. The number of alkyl halides is 2. The van der Waals surface area contributed by atoms with Gasteiger partial charge >= 0.3 is 6.61 Å². The molecule has 0 heterocycles. The fraction of sp³-hybridized carbons (Fsp3) is 0.571. The molecule has 1 fully saturated rings. The second-order valence-corrected chi connectivity index (χ2v) is 5.76. The second-order valence-electron chi connectivity index (χ2n) is 4.68. The maximum atomic E-state index is 12.3. The minimum Gasteiger partial charge on any atom is -0.434 e. The van der Waals surface area contributed by atoms with Gasteiger partial charge in [0.2, 0.25) is 0 Å². The highest BCUT2D eigenvalue weighted by Crippen LogP contribution is 2.29. The number of thioether (sulfide) groups is 1. The van der Waals surface area contributed by atoms with Crippen molar-refractivity contribution in [3.8, 4) is 5.75 Å². The Morgan fingerprint density at radius 1 is 1.37 bits per heavy atom. The molecule has 2 rings (SSSR count). The number of nitrogens with one attached hydrogen (secondary N) is 1. The van der Waals surface area contributed by atoms with Crippen LogP contribution in [0.15, 0.2) is 24.3 Å². The van der Waals surface area contributed by atoms with Crippen LogP contribution in [0.4, 0.5) is 8.78 Å². The summed E-state index contributed by atoms with van der Waals surface area (Å²) < 4.78 is 29.2. The maximum absolute atomic E-state index is 12.3. The summed E-state index contributed by atoms with van der Waals surface area (Å²) in [6.45, 7) is -2.20. The Kier molecular flexibility index (Phi) is 5.45. The van der Waals surface area contributed by atoms with E-state index in [-0.39, 0.29) is 5.75 Å². The summed E-state index contributed by atoms with van der Waals surface area (Å²) in [6, 6.07) is 7.43. The summed E-state index contributed by atoms with van der Waals surface area (Å²) in [5.74, 6) is 0.267. The van der Waals surface area contributed by atoms with Crippen LogP contribution < -0.4 is 10.1 Å². The largest absolute Gasteiger partial charge is 0.434 e. The Bertz CT molecular complexity index is 403. The lowest BCUT2D eigenvalue weighted by atomic mass is 10.1. The number of benzene rings is 1. The summed E-state index contributed by atoms with van der Waals surface area (Å²) >= 11 is 1.88. The van der Waals surface area contributed by atoms with E-state index in [0.29, 0.717) is 17.8 Å². The second kappa shape index (κ2) is 7.10. The fourth-order valence-electron chi connectivity index (χ4n) is 2.54. The predicted octanol–water partition coefficient (Wildman–Crippen LogP) is 3.66. The molecule has 1 aliphatic carbocycles. The summed E-state index contributed by atoms with van der Waals surface area (Å²) in [7, 11) is 0. The summed E-state index contributed by atoms with van der Waals surface area (Å²) in [5.41, 5.74) is 0.787. The summed E-state index contributed by atoms with van der Waals surface area (Å²) in [4.78, 5) is 0. The minimum atomic E-state index is -2.77. The number of para-hydroxylation sites is 1. The molecule has 0 aromatic heterocycles. The first-order chi connectivity index (χ1) is 9.20. The van der Waals surface area contributed by atoms with Gasteiger partial charge in [-0.05, 0) is 25.2 Å². The minimum absolute atomic E-state index is 0.267. The summed E-state index contributed by atoms with van der Waals surface area (Å²) in [5, 5.41) is 4.09. The van der Waals surface area contributed by atoms with Crippen LogP contribution in [0.1, 0.15) is 24.8 Å². The highest BCUT2D eigenvalue weighted by Gasteiger charge is 2.26. The Morgan fingerprint density at radius 2 is 2.16 bits per heavy atom. The van der Waals surface area contributed by atoms with Gasteiger partial charge in [0.05, 0.1) is 0 Å². The molecule has 19 heavy (non-hydrogen) atoms. The zero-order valence-corrected chi connectivity index (χ0v) is 11.8. The molecule has 2 unspecified atom stereocenters. The van der Waals surface area contributed by atoms with E-state index in [1.807, 2.05) is 23.9 Å². The fourth-order valence-corrected chi connectivity index (χ4v) is 3.51. The predicted molar refractivity (Wildman–Crippen MR) is 74.9 cm³/mol. The van der Waals surface area contributed by atoms with Gasteiger partial charge in [0, 0.05) is 23.4 Å². The zero-order chi connectivity index (χ0) is 13.7. The van der Waals surface area contributed by atoms with E-state index in [1.165, 1.54) is 12.8 Å². The number of rotatable bonds is 6. The quantitative estimate of drug-likeness (QED) is 0.862. The third kappa shape index (κ3) is 4.08. The zero-order valence-electron chi connectivity index (χ0n) is 10.9. The van der Waals surface area contributed by atoms with Crippen LogP contribution in [0, 0.1) is 0 Å². The Morgan fingerprint density at radius 3 is 2.89 bits per heavy atom. The highest BCUT2D eigenvalue weighted by atomic mass is 32.2. The van der Waals surface area contributed by atoms with E-state index in [0.717, 1.165) is 12.0 Å². The van der Waals surface area contributed by atoms with Crippen molar-refractivity contribution in [2.24, 2.45) is 0 Å². The lowest BCUT2D eigenvalue weighted by Gasteiger charge is -2.20. The molecular formula is C14H19F2NOS. The first-order valence-corrected chi connectivity index (χ1v) is 7.78. The van der Waals surface area contributed by atoms with E-state index >= 15 is 0 Å². The van der Waals surface area contributed by atoms with Crippen molar-refractivity contribution in [2.75, 3.05) is 6.26 Å². The molecule has 106 valence electrons. The third-order valence-electron chi connectivity index (χ3n) is 3.50. The molecular weight excluding hydrogens is 268 g/mol. The van der Waals surface area contributed by atoms with Crippen molar-refractivity contribution >= 4 is 11.8 Å². The Hall–Kier alpha value is -0.810. The molecule has 0 amide bonds. The molecule has 1 aromatic carbocycles. The molecule has 0 aliphatic heterocycles. The van der Waals surface area contributed by atoms with E-state index in [9.17, 15) is 8.78 Å². The van der Waals surface area contributed by atoms with Crippen LogP contribution in [0.2, 0.25) is 0 Å². The number of hydrogen-bond acceptors (Lipinski definition) is 3. The first-order valence-electron chi connectivity index (χ1n) is 6.49. The monoisotopic (exact) mass is 287 g/mol. The van der Waals surface area contributed by atoms with E-state index in [2.05, 4.69) is 16.3 Å². The van der Waals surface area contributed by atoms with Gasteiger partial charge in [0.25, 0.3) is 0 Å². The van der Waals surface area contributed by atoms with Crippen molar-refractivity contribution in [1.82, 2.24) is 5.32 Å². The highest BCUT2D eigenvalue weighted by molar-refractivity contribution is 7.99. The molecule has 1 aliphatic rings. The molecule has 0 saturated heterocycles. The molecule has 0 radical (unpaired) electrons. The van der Waals surface area contributed by atoms with Gasteiger partial charge < -0.3 is 10.1 Å². The smallest absolute Gasteiger partial charge is 0.387 e. The van der Waals surface area contributed by atoms with Crippen molar-refractivity contribution in [1.29, 1.82) is 0 Å². The van der Waals surface area contributed by atoms with Crippen molar-refractivity contribution < 1.29 is 13.5 Å². The third-order valence-corrected chi connectivity index (χ3v) is 4.67. The van der Waals surface area contributed by atoms with Gasteiger partial charge in [-0.2, -0.15) is 20.5 Å². The van der Waals surface area contributed by atoms with Crippen LogP contribution in [-0.4, -0.2) is 24.2 Å². The molecule has 1 aromatic rings. The van der Waals surface area contributed by atoms with Gasteiger partial charge in [0.15, 0.2) is 0 Å². The molecule has 2 nitrogen and oxygen atoms in total. The lowest BCUT2D eigenvalue weighted by molar-refractivity contribution is -0.0505. The Labute approximate surface area is 116 Å². The van der Waals surface area contributed by atoms with Crippen LogP contribution >= 0.6 is 11.8 Å².